The van der Waals surface area contributed by atoms with E-state index in [4.69, 9.17) is 10.1 Å². The minimum atomic E-state index is 0.174. The van der Waals surface area contributed by atoms with Crippen LogP contribution in [0.4, 0.5) is 0 Å². The molecular formula is C16H17N5OS. The highest BCUT2D eigenvalue weighted by atomic mass is 32.1. The standard InChI is InChI=1S/C16H17N5OS/c1-10-11(2)20(6-4-7-22)15-13(10)16-18-14(12-5-3-8-23-12)19-21(16)9-17-15/h3,5,8-9,22H,4,6-7H2,1-2H3. The average molecular weight is 327 g/mol. The SMILES string of the molecule is Cc1c(C)n(CCCO)c2ncn3nc(-c4cccs4)nc3c12. The number of nitrogens with zero attached hydrogens (tertiary/aromatic N) is 5. The molecule has 0 atom stereocenters. The van der Waals surface area contributed by atoms with Crippen LogP contribution in [0.2, 0.25) is 0 Å². The van der Waals surface area contributed by atoms with Crippen molar-refractivity contribution < 1.29 is 5.11 Å². The number of aliphatic hydroxyl groups is 1. The number of rotatable bonds is 4. The van der Waals surface area contributed by atoms with Crippen LogP contribution in [-0.2, 0) is 6.54 Å². The van der Waals surface area contributed by atoms with Crippen molar-refractivity contribution in [3.63, 3.8) is 0 Å². The molecule has 0 aliphatic heterocycles. The Morgan fingerprint density at radius 2 is 2.13 bits per heavy atom. The van der Waals surface area contributed by atoms with Crippen molar-refractivity contribution in [3.8, 4) is 10.7 Å². The third-order valence-electron chi connectivity index (χ3n) is 4.23. The fourth-order valence-corrected chi connectivity index (χ4v) is 3.60. The van der Waals surface area contributed by atoms with Crippen molar-refractivity contribution in [2.75, 3.05) is 6.61 Å². The Morgan fingerprint density at radius 1 is 1.26 bits per heavy atom. The van der Waals surface area contributed by atoms with E-state index in [1.54, 1.807) is 22.2 Å². The minimum absolute atomic E-state index is 0.174. The van der Waals surface area contributed by atoms with Crippen molar-refractivity contribution in [3.05, 3.63) is 35.1 Å². The second-order valence-corrected chi connectivity index (χ2v) is 6.51. The Labute approximate surface area is 137 Å². The summed E-state index contributed by atoms with van der Waals surface area (Å²) in [6.07, 6.45) is 2.43. The monoisotopic (exact) mass is 327 g/mol. The Hall–Kier alpha value is -2.25. The summed E-state index contributed by atoms with van der Waals surface area (Å²) >= 11 is 1.63. The molecule has 1 N–H and O–H groups in total. The fourth-order valence-electron chi connectivity index (χ4n) is 2.94. The van der Waals surface area contributed by atoms with Crippen molar-refractivity contribution in [1.29, 1.82) is 0 Å². The van der Waals surface area contributed by atoms with Crippen LogP contribution in [0.1, 0.15) is 17.7 Å². The zero-order chi connectivity index (χ0) is 16.0. The molecule has 0 saturated carbocycles. The van der Waals surface area contributed by atoms with Crippen LogP contribution in [0.25, 0.3) is 27.4 Å². The molecule has 0 unspecified atom stereocenters. The van der Waals surface area contributed by atoms with Crippen LogP contribution in [0.3, 0.4) is 0 Å². The lowest BCUT2D eigenvalue weighted by atomic mass is 10.2. The number of aliphatic hydroxyl groups excluding tert-OH is 1. The molecule has 0 aromatic carbocycles. The van der Waals surface area contributed by atoms with Gasteiger partial charge in [-0.15, -0.1) is 16.4 Å². The largest absolute Gasteiger partial charge is 0.396 e. The third kappa shape index (κ3) is 2.15. The summed E-state index contributed by atoms with van der Waals surface area (Å²) in [5.74, 6) is 0.731. The maximum absolute atomic E-state index is 9.12. The summed E-state index contributed by atoms with van der Waals surface area (Å²) in [7, 11) is 0. The van der Waals surface area contributed by atoms with Crippen LogP contribution in [0, 0.1) is 13.8 Å². The molecule has 0 aliphatic carbocycles. The normalized spacial score (nSPS) is 11.8. The van der Waals surface area contributed by atoms with Gasteiger partial charge in [0.1, 0.15) is 12.0 Å². The van der Waals surface area contributed by atoms with Gasteiger partial charge in [0, 0.05) is 18.8 Å². The maximum Gasteiger partial charge on any atom is 0.192 e. The zero-order valence-corrected chi connectivity index (χ0v) is 13.8. The molecule has 0 aliphatic rings. The van der Waals surface area contributed by atoms with E-state index in [1.165, 1.54) is 5.56 Å². The van der Waals surface area contributed by atoms with Gasteiger partial charge in [-0.3, -0.25) is 0 Å². The summed E-state index contributed by atoms with van der Waals surface area (Å²) in [5.41, 5.74) is 4.07. The number of hydrogen-bond acceptors (Lipinski definition) is 5. The average Bonchev–Trinajstić information content (AvgIpc) is 3.25. The van der Waals surface area contributed by atoms with Crippen LogP contribution in [-0.4, -0.2) is 35.9 Å². The summed E-state index contributed by atoms with van der Waals surface area (Å²) in [6, 6.07) is 4.02. The lowest BCUT2D eigenvalue weighted by Crippen LogP contribution is -2.03. The first-order valence-corrected chi connectivity index (χ1v) is 8.44. The van der Waals surface area contributed by atoms with Crippen molar-refractivity contribution in [1.82, 2.24) is 24.1 Å². The first-order chi connectivity index (χ1) is 11.2. The first-order valence-electron chi connectivity index (χ1n) is 7.56. The maximum atomic E-state index is 9.12. The molecule has 4 rings (SSSR count). The first kappa shape index (κ1) is 14.3. The molecule has 0 amide bonds. The van der Waals surface area contributed by atoms with Gasteiger partial charge in [0.25, 0.3) is 0 Å². The molecule has 0 saturated heterocycles. The van der Waals surface area contributed by atoms with E-state index in [0.29, 0.717) is 6.42 Å². The molecule has 4 aromatic rings. The Balaban J connectivity index is 1.97. The van der Waals surface area contributed by atoms with E-state index in [9.17, 15) is 0 Å². The highest BCUT2D eigenvalue weighted by molar-refractivity contribution is 7.13. The van der Waals surface area contributed by atoms with E-state index >= 15 is 0 Å². The van der Waals surface area contributed by atoms with Gasteiger partial charge in [0.05, 0.1) is 10.3 Å². The molecule has 4 heterocycles. The fraction of sp³-hybridized carbons (Fsp3) is 0.312. The number of aryl methyl sites for hydroxylation is 2. The van der Waals surface area contributed by atoms with Gasteiger partial charge in [-0.2, -0.15) is 0 Å². The number of aromatic nitrogens is 5. The predicted molar refractivity (Wildman–Crippen MR) is 90.8 cm³/mol. The second kappa shape index (κ2) is 5.43. The molecule has 0 spiro atoms. The molecule has 0 bridgehead atoms. The number of fused-ring (bicyclic) bond motifs is 3. The highest BCUT2D eigenvalue weighted by Crippen LogP contribution is 2.29. The topological polar surface area (TPSA) is 68.2 Å². The molecule has 0 fully saturated rings. The van der Waals surface area contributed by atoms with E-state index < -0.39 is 0 Å². The van der Waals surface area contributed by atoms with E-state index in [0.717, 1.165) is 39.6 Å². The van der Waals surface area contributed by atoms with Crippen LogP contribution >= 0.6 is 11.3 Å². The number of thiophene rings is 1. The minimum Gasteiger partial charge on any atom is -0.396 e. The third-order valence-corrected chi connectivity index (χ3v) is 5.09. The van der Waals surface area contributed by atoms with Crippen LogP contribution in [0.5, 0.6) is 0 Å². The van der Waals surface area contributed by atoms with Crippen LogP contribution in [0.15, 0.2) is 23.8 Å². The van der Waals surface area contributed by atoms with Gasteiger partial charge >= 0.3 is 0 Å². The van der Waals surface area contributed by atoms with Gasteiger partial charge in [0.15, 0.2) is 11.5 Å². The van der Waals surface area contributed by atoms with Crippen molar-refractivity contribution in [2.45, 2.75) is 26.8 Å². The molecular weight excluding hydrogens is 310 g/mol. The van der Waals surface area contributed by atoms with Crippen LogP contribution < -0.4 is 0 Å². The quantitative estimate of drug-likeness (QED) is 0.626. The smallest absolute Gasteiger partial charge is 0.192 e. The lowest BCUT2D eigenvalue weighted by molar-refractivity contribution is 0.280. The molecule has 118 valence electrons. The van der Waals surface area contributed by atoms with E-state index in [1.807, 2.05) is 17.5 Å². The lowest BCUT2D eigenvalue weighted by Gasteiger charge is -2.05. The Morgan fingerprint density at radius 3 is 2.87 bits per heavy atom. The van der Waals surface area contributed by atoms with Gasteiger partial charge < -0.3 is 9.67 Å². The van der Waals surface area contributed by atoms with E-state index in [2.05, 4.69) is 28.5 Å². The van der Waals surface area contributed by atoms with Gasteiger partial charge in [-0.25, -0.2) is 14.5 Å². The Bertz CT molecular complexity index is 983. The second-order valence-electron chi connectivity index (χ2n) is 5.56. The predicted octanol–water partition coefficient (Wildman–Crippen LogP) is 2.81. The summed E-state index contributed by atoms with van der Waals surface area (Å²) < 4.78 is 3.90. The Kier molecular flexibility index (Phi) is 3.39. The zero-order valence-electron chi connectivity index (χ0n) is 13.0. The summed E-state index contributed by atoms with van der Waals surface area (Å²) in [6.45, 7) is 5.10. The molecule has 7 heteroatoms. The van der Waals surface area contributed by atoms with Gasteiger partial charge in [0.2, 0.25) is 0 Å². The molecule has 6 nitrogen and oxygen atoms in total. The van der Waals surface area contributed by atoms with Gasteiger partial charge in [-0.1, -0.05) is 6.07 Å². The number of hydrogen-bond donors (Lipinski definition) is 1. The molecule has 0 radical (unpaired) electrons. The van der Waals surface area contributed by atoms with Crippen molar-refractivity contribution in [2.24, 2.45) is 0 Å². The van der Waals surface area contributed by atoms with Crippen molar-refractivity contribution >= 4 is 28.0 Å². The highest BCUT2D eigenvalue weighted by Gasteiger charge is 2.18. The summed E-state index contributed by atoms with van der Waals surface area (Å²) in [4.78, 5) is 10.4. The van der Waals surface area contributed by atoms with Gasteiger partial charge in [-0.05, 0) is 37.3 Å². The van der Waals surface area contributed by atoms with E-state index in [-0.39, 0.29) is 6.61 Å². The summed E-state index contributed by atoms with van der Waals surface area (Å²) in [5, 5.41) is 16.7. The molecule has 23 heavy (non-hydrogen) atoms. The molecule has 4 aromatic heterocycles.